The number of carboxylic acid groups (broad SMARTS) is 1. The lowest BCUT2D eigenvalue weighted by Gasteiger charge is -2.29. The third-order valence-electron chi connectivity index (χ3n) is 3.04. The van der Waals surface area contributed by atoms with Gasteiger partial charge in [0.05, 0.1) is 6.42 Å². The zero-order valence-electron chi connectivity index (χ0n) is 12.4. The number of hydrogen-bond acceptors (Lipinski definition) is 2. The molecule has 0 aliphatic carbocycles. The minimum Gasteiger partial charge on any atom is -0.481 e. The molecule has 0 saturated carbocycles. The van der Waals surface area contributed by atoms with E-state index < -0.39 is 12.0 Å². The maximum Gasteiger partial charge on any atom is 0.305 e. The van der Waals surface area contributed by atoms with Crippen molar-refractivity contribution in [2.45, 2.75) is 33.2 Å². The van der Waals surface area contributed by atoms with Crippen molar-refractivity contribution in [1.29, 1.82) is 0 Å². The first kappa shape index (κ1) is 17.4. The molecule has 1 rings (SSSR count). The number of nitrogens with one attached hydrogen (secondary N) is 1. The molecule has 1 aromatic rings. The number of hydrogen-bond donors (Lipinski definition) is 2. The molecule has 0 radical (unpaired) electrons. The largest absolute Gasteiger partial charge is 0.481 e. The van der Waals surface area contributed by atoms with Gasteiger partial charge in [0.25, 0.3) is 0 Å². The first-order chi connectivity index (χ1) is 9.68. The maximum absolute atomic E-state index is 11.9. The Labute approximate surface area is 133 Å². The molecule has 0 heterocycles. The van der Waals surface area contributed by atoms with Crippen LogP contribution < -0.4 is 5.32 Å². The van der Waals surface area contributed by atoms with Crippen molar-refractivity contribution in [3.63, 3.8) is 0 Å². The van der Waals surface area contributed by atoms with Gasteiger partial charge in [-0.25, -0.2) is 0 Å². The molecule has 1 aromatic carbocycles. The summed E-state index contributed by atoms with van der Waals surface area (Å²) in [5.41, 5.74) is 0.582. The molecule has 0 aromatic heterocycles. The summed E-state index contributed by atoms with van der Waals surface area (Å²) < 4.78 is 0.971. The summed E-state index contributed by atoms with van der Waals surface area (Å²) in [5, 5.41) is 11.7. The lowest BCUT2D eigenvalue weighted by atomic mass is 9.84. The van der Waals surface area contributed by atoms with Gasteiger partial charge in [-0.1, -0.05) is 48.8 Å². The van der Waals surface area contributed by atoms with Crippen LogP contribution >= 0.6 is 15.9 Å². The Morgan fingerprint density at radius 3 is 2.33 bits per heavy atom. The van der Waals surface area contributed by atoms with Crippen LogP contribution in [0.5, 0.6) is 0 Å². The van der Waals surface area contributed by atoms with Crippen LogP contribution in [0.1, 0.15) is 32.8 Å². The van der Waals surface area contributed by atoms with Crippen molar-refractivity contribution in [3.8, 4) is 0 Å². The van der Waals surface area contributed by atoms with Crippen LogP contribution in [0.3, 0.4) is 0 Å². The summed E-state index contributed by atoms with van der Waals surface area (Å²) in [5.74, 6) is -1.22. The summed E-state index contributed by atoms with van der Waals surface area (Å²) in [6.45, 7) is 5.71. The molecule has 4 nitrogen and oxygen atoms in total. The molecule has 0 aliphatic heterocycles. The molecule has 2 N–H and O–H groups in total. The molecule has 0 saturated heterocycles. The van der Waals surface area contributed by atoms with Crippen LogP contribution in [-0.4, -0.2) is 23.0 Å². The molecule has 21 heavy (non-hydrogen) atoms. The quantitative estimate of drug-likeness (QED) is 0.796. The fourth-order valence-corrected chi connectivity index (χ4v) is 1.98. The van der Waals surface area contributed by atoms with Crippen molar-refractivity contribution >= 4 is 33.9 Å². The van der Waals surface area contributed by atoms with Gasteiger partial charge in [0.2, 0.25) is 5.91 Å². The molecule has 5 heteroatoms. The summed E-state index contributed by atoms with van der Waals surface area (Å²) in [6.07, 6.45) is 3.02. The number of benzene rings is 1. The van der Waals surface area contributed by atoms with Crippen molar-refractivity contribution < 1.29 is 14.7 Å². The lowest BCUT2D eigenvalue weighted by Crippen LogP contribution is -2.44. The molecule has 1 unspecified atom stereocenters. The molecule has 0 spiro atoms. The van der Waals surface area contributed by atoms with Gasteiger partial charge < -0.3 is 10.4 Å². The van der Waals surface area contributed by atoms with Crippen LogP contribution in [0.25, 0.3) is 6.08 Å². The van der Waals surface area contributed by atoms with Crippen LogP contribution in [0.4, 0.5) is 0 Å². The Balaban J connectivity index is 2.69. The highest BCUT2D eigenvalue weighted by Crippen LogP contribution is 2.22. The Bertz CT molecular complexity index is 529. The summed E-state index contributed by atoms with van der Waals surface area (Å²) in [6, 6.07) is 7.12. The summed E-state index contributed by atoms with van der Waals surface area (Å²) in [4.78, 5) is 22.8. The van der Waals surface area contributed by atoms with E-state index in [1.165, 1.54) is 6.08 Å². The van der Waals surface area contributed by atoms with Crippen molar-refractivity contribution in [3.05, 3.63) is 40.4 Å². The van der Waals surface area contributed by atoms with Gasteiger partial charge in [0.1, 0.15) is 0 Å². The van der Waals surface area contributed by atoms with Gasteiger partial charge in [-0.15, -0.1) is 0 Å². The predicted octanol–water partition coefficient (Wildman–Crippen LogP) is 3.47. The van der Waals surface area contributed by atoms with E-state index in [1.807, 2.05) is 45.0 Å². The van der Waals surface area contributed by atoms with Crippen molar-refractivity contribution in [1.82, 2.24) is 5.32 Å². The second-order valence-electron chi connectivity index (χ2n) is 5.91. The summed E-state index contributed by atoms with van der Waals surface area (Å²) >= 11 is 3.34. The van der Waals surface area contributed by atoms with Crippen LogP contribution in [-0.2, 0) is 9.59 Å². The highest BCUT2D eigenvalue weighted by Gasteiger charge is 2.27. The zero-order chi connectivity index (χ0) is 16.0. The minimum absolute atomic E-state index is 0.0959. The number of halogens is 1. The molecular weight excluding hydrogens is 334 g/mol. The Hall–Kier alpha value is -1.62. The van der Waals surface area contributed by atoms with Gasteiger partial charge >= 0.3 is 5.97 Å². The number of carbonyl (C=O) groups is 2. The Morgan fingerprint density at radius 2 is 1.86 bits per heavy atom. The van der Waals surface area contributed by atoms with Crippen LogP contribution in [0, 0.1) is 5.41 Å². The first-order valence-electron chi connectivity index (χ1n) is 6.64. The van der Waals surface area contributed by atoms with Gasteiger partial charge in [0.15, 0.2) is 0 Å². The Kier molecular flexibility index (Phi) is 6.15. The van der Waals surface area contributed by atoms with Gasteiger partial charge in [-0.05, 0) is 29.2 Å². The first-order valence-corrected chi connectivity index (χ1v) is 7.44. The number of carbonyl (C=O) groups excluding carboxylic acids is 1. The topological polar surface area (TPSA) is 66.4 Å². The van der Waals surface area contributed by atoms with Crippen molar-refractivity contribution in [2.75, 3.05) is 0 Å². The predicted molar refractivity (Wildman–Crippen MR) is 86.8 cm³/mol. The van der Waals surface area contributed by atoms with E-state index in [4.69, 9.17) is 5.11 Å². The molecule has 0 bridgehead atoms. The molecule has 0 fully saturated rings. The average Bonchev–Trinajstić information content (AvgIpc) is 2.36. The molecular formula is C16H20BrNO3. The fraction of sp³-hybridized carbons (Fsp3) is 0.375. The van der Waals surface area contributed by atoms with Crippen molar-refractivity contribution in [2.24, 2.45) is 5.41 Å². The van der Waals surface area contributed by atoms with E-state index in [2.05, 4.69) is 21.2 Å². The van der Waals surface area contributed by atoms with E-state index in [0.29, 0.717) is 0 Å². The maximum atomic E-state index is 11.9. The average molecular weight is 354 g/mol. The van der Waals surface area contributed by atoms with Gasteiger partial charge in [0, 0.05) is 16.6 Å². The van der Waals surface area contributed by atoms with E-state index >= 15 is 0 Å². The number of carboxylic acids is 1. The lowest BCUT2D eigenvalue weighted by molar-refractivity contribution is -0.138. The van der Waals surface area contributed by atoms with Crippen LogP contribution in [0.2, 0.25) is 0 Å². The number of amides is 1. The number of aliphatic carboxylic acids is 1. The van der Waals surface area contributed by atoms with E-state index in [9.17, 15) is 9.59 Å². The molecule has 1 amide bonds. The highest BCUT2D eigenvalue weighted by molar-refractivity contribution is 9.10. The molecule has 0 aliphatic rings. The normalized spacial score (nSPS) is 13.1. The molecule has 1 atom stereocenters. The standard InChI is InChI=1S/C16H20BrNO3/c1-16(2,3)13(10-15(20)21)18-14(19)9-6-11-4-7-12(17)8-5-11/h4-9,13H,10H2,1-3H3,(H,18,19)(H,20,21)/b9-6+. The monoisotopic (exact) mass is 353 g/mol. The second-order valence-corrected chi connectivity index (χ2v) is 6.83. The fourth-order valence-electron chi connectivity index (χ4n) is 1.71. The van der Waals surface area contributed by atoms with Gasteiger partial charge in [-0.3, -0.25) is 9.59 Å². The summed E-state index contributed by atoms with van der Waals surface area (Å²) in [7, 11) is 0. The molecule has 114 valence electrons. The smallest absolute Gasteiger partial charge is 0.305 e. The van der Waals surface area contributed by atoms with Gasteiger partial charge in [-0.2, -0.15) is 0 Å². The Morgan fingerprint density at radius 1 is 1.29 bits per heavy atom. The van der Waals surface area contributed by atoms with E-state index in [-0.39, 0.29) is 17.7 Å². The third kappa shape index (κ3) is 6.58. The third-order valence-corrected chi connectivity index (χ3v) is 3.57. The zero-order valence-corrected chi connectivity index (χ0v) is 14.0. The minimum atomic E-state index is -0.924. The van der Waals surface area contributed by atoms with E-state index in [1.54, 1.807) is 6.08 Å². The second kappa shape index (κ2) is 7.41. The van der Waals surface area contributed by atoms with E-state index in [0.717, 1.165) is 10.0 Å². The SMILES string of the molecule is CC(C)(C)C(CC(=O)O)NC(=O)/C=C/c1ccc(Br)cc1. The highest BCUT2D eigenvalue weighted by atomic mass is 79.9. The number of rotatable bonds is 5. The van der Waals surface area contributed by atoms with Crippen LogP contribution in [0.15, 0.2) is 34.8 Å².